The standard InChI is InChI=1S/C8H16O4/c1-5-7(10)8(2,11-3)4-6(9)12-5/h5-7,9-10H,4H2,1-3H3/t5-,6?,7-,8+/m0/s1. The summed E-state index contributed by atoms with van der Waals surface area (Å²) in [7, 11) is 1.52. The number of hydrogen-bond acceptors (Lipinski definition) is 4. The van der Waals surface area contributed by atoms with Crippen molar-refractivity contribution in [1.82, 2.24) is 0 Å². The zero-order valence-corrected chi connectivity index (χ0v) is 7.65. The van der Waals surface area contributed by atoms with Crippen LogP contribution in [0.25, 0.3) is 0 Å². The Balaban J connectivity index is 2.72. The van der Waals surface area contributed by atoms with E-state index in [1.54, 1.807) is 13.8 Å². The van der Waals surface area contributed by atoms with Gasteiger partial charge in [0, 0.05) is 13.5 Å². The highest BCUT2D eigenvalue weighted by Gasteiger charge is 2.44. The minimum absolute atomic E-state index is 0.301. The molecule has 1 aliphatic rings. The van der Waals surface area contributed by atoms with Crippen LogP contribution in [0, 0.1) is 0 Å². The van der Waals surface area contributed by atoms with Crippen LogP contribution in [0.2, 0.25) is 0 Å². The van der Waals surface area contributed by atoms with Crippen LogP contribution in [-0.2, 0) is 9.47 Å². The molecule has 0 bridgehead atoms. The maximum Gasteiger partial charge on any atom is 0.157 e. The first-order valence-corrected chi connectivity index (χ1v) is 4.06. The van der Waals surface area contributed by atoms with E-state index < -0.39 is 24.1 Å². The molecule has 72 valence electrons. The summed E-state index contributed by atoms with van der Waals surface area (Å²) in [4.78, 5) is 0. The summed E-state index contributed by atoms with van der Waals surface area (Å²) in [5, 5.41) is 18.9. The Bertz CT molecular complexity index is 161. The molecule has 1 fully saturated rings. The molecule has 0 aliphatic carbocycles. The van der Waals surface area contributed by atoms with E-state index in [1.165, 1.54) is 7.11 Å². The van der Waals surface area contributed by atoms with Gasteiger partial charge in [-0.05, 0) is 13.8 Å². The molecule has 1 rings (SSSR count). The average Bonchev–Trinajstić information content (AvgIpc) is 2.00. The Morgan fingerprint density at radius 2 is 2.08 bits per heavy atom. The van der Waals surface area contributed by atoms with Crippen LogP contribution in [0.3, 0.4) is 0 Å². The summed E-state index contributed by atoms with van der Waals surface area (Å²) < 4.78 is 10.2. The van der Waals surface area contributed by atoms with Crippen LogP contribution in [-0.4, -0.2) is 41.4 Å². The van der Waals surface area contributed by atoms with Crippen LogP contribution < -0.4 is 0 Å². The van der Waals surface area contributed by atoms with Crippen molar-refractivity contribution in [2.45, 2.75) is 44.4 Å². The molecular weight excluding hydrogens is 160 g/mol. The summed E-state index contributed by atoms with van der Waals surface area (Å²) >= 11 is 0. The van der Waals surface area contributed by atoms with Crippen LogP contribution in [0.5, 0.6) is 0 Å². The van der Waals surface area contributed by atoms with E-state index in [1.807, 2.05) is 0 Å². The fourth-order valence-corrected chi connectivity index (χ4v) is 1.54. The minimum atomic E-state index is -0.839. The van der Waals surface area contributed by atoms with E-state index in [0.717, 1.165) is 0 Å². The molecule has 1 unspecified atom stereocenters. The smallest absolute Gasteiger partial charge is 0.157 e. The van der Waals surface area contributed by atoms with Crippen molar-refractivity contribution in [3.63, 3.8) is 0 Å². The lowest BCUT2D eigenvalue weighted by Crippen LogP contribution is -2.55. The van der Waals surface area contributed by atoms with Gasteiger partial charge in [-0.15, -0.1) is 0 Å². The Hall–Kier alpha value is -0.160. The number of methoxy groups -OCH3 is 1. The summed E-state index contributed by atoms with van der Waals surface area (Å²) in [6, 6.07) is 0. The molecule has 0 aromatic rings. The second kappa shape index (κ2) is 3.30. The molecule has 4 nitrogen and oxygen atoms in total. The van der Waals surface area contributed by atoms with Crippen molar-refractivity contribution in [1.29, 1.82) is 0 Å². The predicted molar refractivity (Wildman–Crippen MR) is 42.6 cm³/mol. The molecule has 1 aliphatic heterocycles. The molecular formula is C8H16O4. The van der Waals surface area contributed by atoms with Gasteiger partial charge in [-0.2, -0.15) is 0 Å². The maximum absolute atomic E-state index is 9.65. The molecule has 2 N–H and O–H groups in total. The first kappa shape index (κ1) is 9.92. The van der Waals surface area contributed by atoms with Gasteiger partial charge in [0.1, 0.15) is 6.10 Å². The molecule has 4 heteroatoms. The molecule has 0 aromatic heterocycles. The van der Waals surface area contributed by atoms with Gasteiger partial charge < -0.3 is 19.7 Å². The van der Waals surface area contributed by atoms with E-state index >= 15 is 0 Å². The van der Waals surface area contributed by atoms with Crippen molar-refractivity contribution in [2.24, 2.45) is 0 Å². The lowest BCUT2D eigenvalue weighted by atomic mass is 9.89. The first-order chi connectivity index (χ1) is 5.49. The highest BCUT2D eigenvalue weighted by atomic mass is 16.6. The van der Waals surface area contributed by atoms with Gasteiger partial charge in [-0.25, -0.2) is 0 Å². The Labute approximate surface area is 72.1 Å². The van der Waals surface area contributed by atoms with E-state index in [0.29, 0.717) is 6.42 Å². The van der Waals surface area contributed by atoms with E-state index in [4.69, 9.17) is 9.47 Å². The number of rotatable bonds is 1. The van der Waals surface area contributed by atoms with Crippen molar-refractivity contribution in [3.05, 3.63) is 0 Å². The third-order valence-corrected chi connectivity index (χ3v) is 2.49. The summed E-state index contributed by atoms with van der Waals surface area (Å²) in [6.07, 6.45) is -1.62. The zero-order chi connectivity index (χ0) is 9.35. The molecule has 4 atom stereocenters. The van der Waals surface area contributed by atoms with E-state index in [9.17, 15) is 10.2 Å². The van der Waals surface area contributed by atoms with Crippen molar-refractivity contribution >= 4 is 0 Å². The fraction of sp³-hybridized carbons (Fsp3) is 1.00. The molecule has 1 heterocycles. The van der Waals surface area contributed by atoms with Crippen molar-refractivity contribution in [2.75, 3.05) is 7.11 Å². The summed E-state index contributed by atoms with van der Waals surface area (Å²) in [5.74, 6) is 0. The van der Waals surface area contributed by atoms with Gasteiger partial charge in [0.2, 0.25) is 0 Å². The van der Waals surface area contributed by atoms with Crippen molar-refractivity contribution in [3.8, 4) is 0 Å². The Morgan fingerprint density at radius 3 is 2.58 bits per heavy atom. The van der Waals surface area contributed by atoms with Crippen molar-refractivity contribution < 1.29 is 19.7 Å². The Morgan fingerprint density at radius 1 is 1.50 bits per heavy atom. The molecule has 0 saturated carbocycles. The summed E-state index contributed by atoms with van der Waals surface area (Å²) in [6.45, 7) is 3.48. The fourth-order valence-electron chi connectivity index (χ4n) is 1.54. The second-order valence-corrected chi connectivity index (χ2v) is 3.46. The Kier molecular flexibility index (Phi) is 2.73. The highest BCUT2D eigenvalue weighted by molar-refractivity contribution is 4.91. The number of ether oxygens (including phenoxy) is 2. The normalized spacial score (nSPS) is 49.2. The summed E-state index contributed by atoms with van der Waals surface area (Å²) in [5.41, 5.74) is -0.697. The quantitative estimate of drug-likeness (QED) is 0.584. The van der Waals surface area contributed by atoms with Crippen LogP contribution >= 0.6 is 0 Å². The third kappa shape index (κ3) is 1.61. The minimum Gasteiger partial charge on any atom is -0.387 e. The largest absolute Gasteiger partial charge is 0.387 e. The molecule has 0 spiro atoms. The van der Waals surface area contributed by atoms with Gasteiger partial charge in [-0.1, -0.05) is 0 Å². The van der Waals surface area contributed by atoms with E-state index in [2.05, 4.69) is 0 Å². The molecule has 12 heavy (non-hydrogen) atoms. The topological polar surface area (TPSA) is 58.9 Å². The van der Waals surface area contributed by atoms with Gasteiger partial charge >= 0.3 is 0 Å². The molecule has 0 aromatic carbocycles. The second-order valence-electron chi connectivity index (χ2n) is 3.46. The van der Waals surface area contributed by atoms with Gasteiger partial charge in [0.25, 0.3) is 0 Å². The average molecular weight is 176 g/mol. The van der Waals surface area contributed by atoms with E-state index in [-0.39, 0.29) is 0 Å². The van der Waals surface area contributed by atoms with Crippen LogP contribution in [0.4, 0.5) is 0 Å². The molecule has 1 saturated heterocycles. The van der Waals surface area contributed by atoms with Crippen LogP contribution in [0.1, 0.15) is 20.3 Å². The maximum atomic E-state index is 9.65. The lowest BCUT2D eigenvalue weighted by molar-refractivity contribution is -0.263. The predicted octanol–water partition coefficient (Wildman–Crippen LogP) is -0.120. The highest BCUT2D eigenvalue weighted by Crippen LogP contribution is 2.30. The number of hydrogen-bond donors (Lipinski definition) is 2. The molecule has 0 amide bonds. The lowest BCUT2D eigenvalue weighted by Gasteiger charge is -2.42. The van der Waals surface area contributed by atoms with Crippen LogP contribution in [0.15, 0.2) is 0 Å². The third-order valence-electron chi connectivity index (χ3n) is 2.49. The SMILES string of the molecule is CO[C@]1(C)CC(O)O[C@@H](C)[C@@H]1O. The van der Waals surface area contributed by atoms with Gasteiger partial charge in [0.15, 0.2) is 6.29 Å². The molecule has 0 radical (unpaired) electrons. The zero-order valence-electron chi connectivity index (χ0n) is 7.65. The number of aliphatic hydroxyl groups excluding tert-OH is 2. The number of aliphatic hydroxyl groups is 2. The van der Waals surface area contributed by atoms with Gasteiger partial charge in [0.05, 0.1) is 11.7 Å². The van der Waals surface area contributed by atoms with Gasteiger partial charge in [-0.3, -0.25) is 0 Å². The monoisotopic (exact) mass is 176 g/mol. The first-order valence-electron chi connectivity index (χ1n) is 4.06.